The molecule has 6 nitrogen and oxygen atoms in total. The number of halogens is 3. The van der Waals surface area contributed by atoms with E-state index in [1.165, 1.54) is 0 Å². The molecule has 1 rings (SSSR count). The van der Waals surface area contributed by atoms with E-state index in [1.54, 1.807) is 5.32 Å². The number of hydrogen-bond acceptors (Lipinski definition) is 4. The summed E-state index contributed by atoms with van der Waals surface area (Å²) in [6.07, 6.45) is -5.86. The maximum absolute atomic E-state index is 12.0. The molecule has 1 heterocycles. The van der Waals surface area contributed by atoms with Crippen molar-refractivity contribution in [3.63, 3.8) is 0 Å². The van der Waals surface area contributed by atoms with Crippen molar-refractivity contribution < 1.29 is 36.3 Å². The Morgan fingerprint density at radius 3 is 2.28 bits per heavy atom. The zero-order chi connectivity index (χ0) is 14.1. The lowest BCUT2D eigenvalue weighted by Gasteiger charge is -2.27. The van der Waals surface area contributed by atoms with E-state index < -0.39 is 51.4 Å². The van der Waals surface area contributed by atoms with Crippen molar-refractivity contribution in [2.75, 3.05) is 5.75 Å². The predicted octanol–water partition coefficient (Wildman–Crippen LogP) is -0.305. The molecule has 0 aromatic rings. The lowest BCUT2D eigenvalue weighted by Crippen LogP contribution is -2.50. The fourth-order valence-corrected chi connectivity index (χ4v) is 3.35. The van der Waals surface area contributed by atoms with Crippen molar-refractivity contribution in [2.45, 2.75) is 30.3 Å². The summed E-state index contributed by atoms with van der Waals surface area (Å²) >= 11 is 0. The topological polar surface area (TPSA) is 101 Å². The van der Waals surface area contributed by atoms with Crippen LogP contribution in [0.5, 0.6) is 0 Å². The third-order valence-corrected chi connectivity index (χ3v) is 4.62. The number of aliphatic carboxylic acids is 1. The van der Waals surface area contributed by atoms with Crippen LogP contribution in [-0.2, 0) is 19.4 Å². The van der Waals surface area contributed by atoms with Crippen LogP contribution >= 0.6 is 0 Å². The van der Waals surface area contributed by atoms with Gasteiger partial charge < -0.3 is 10.4 Å². The highest BCUT2D eigenvalue weighted by Crippen LogP contribution is 2.22. The average molecular weight is 289 g/mol. The number of carbonyl (C=O) groups is 2. The van der Waals surface area contributed by atoms with Crippen LogP contribution in [0.3, 0.4) is 0 Å². The zero-order valence-corrected chi connectivity index (χ0v) is 9.71. The highest BCUT2D eigenvalue weighted by molar-refractivity contribution is 7.92. The Kier molecular flexibility index (Phi) is 3.89. The van der Waals surface area contributed by atoms with Crippen LogP contribution in [0.2, 0.25) is 0 Å². The molecule has 0 bridgehead atoms. The van der Waals surface area contributed by atoms with Crippen LogP contribution < -0.4 is 5.32 Å². The number of alkyl halides is 3. The van der Waals surface area contributed by atoms with Gasteiger partial charge in [-0.3, -0.25) is 9.59 Å². The van der Waals surface area contributed by atoms with Crippen LogP contribution in [0, 0.1) is 0 Å². The monoisotopic (exact) mass is 289 g/mol. The number of nitrogens with one attached hydrogen (secondary N) is 1. The summed E-state index contributed by atoms with van der Waals surface area (Å²) < 4.78 is 58.6. The van der Waals surface area contributed by atoms with Crippen LogP contribution in [0.1, 0.15) is 12.8 Å². The van der Waals surface area contributed by atoms with Gasteiger partial charge in [0.15, 0.2) is 15.1 Å². The van der Waals surface area contributed by atoms with Gasteiger partial charge in [-0.05, 0) is 12.8 Å². The van der Waals surface area contributed by atoms with Gasteiger partial charge in [0.2, 0.25) is 0 Å². The lowest BCUT2D eigenvalue weighted by molar-refractivity contribution is -0.174. The first-order valence-electron chi connectivity index (χ1n) is 4.86. The van der Waals surface area contributed by atoms with Gasteiger partial charge >= 0.3 is 18.1 Å². The van der Waals surface area contributed by atoms with Gasteiger partial charge in [0, 0.05) is 6.04 Å². The Bertz CT molecular complexity index is 458. The smallest absolute Gasteiger partial charge is 0.471 e. The van der Waals surface area contributed by atoms with E-state index in [9.17, 15) is 31.2 Å². The summed E-state index contributed by atoms with van der Waals surface area (Å²) in [5.74, 6) is -4.39. The third-order valence-electron chi connectivity index (χ3n) is 2.55. The normalized spacial score (nSPS) is 27.5. The number of amides is 1. The number of carboxylic acids is 1. The maximum atomic E-state index is 12.0. The quantitative estimate of drug-likeness (QED) is 0.726. The van der Waals surface area contributed by atoms with Crippen molar-refractivity contribution in [3.05, 3.63) is 0 Å². The number of carboxylic acid groups (broad SMARTS) is 1. The number of hydrogen-bond donors (Lipinski definition) is 2. The van der Waals surface area contributed by atoms with E-state index in [2.05, 4.69) is 0 Å². The molecular weight excluding hydrogens is 279 g/mol. The van der Waals surface area contributed by atoms with Gasteiger partial charge in [0.05, 0.1) is 5.75 Å². The Morgan fingerprint density at radius 2 is 1.83 bits per heavy atom. The molecule has 1 aliphatic heterocycles. The molecule has 18 heavy (non-hydrogen) atoms. The second kappa shape index (κ2) is 4.75. The van der Waals surface area contributed by atoms with E-state index >= 15 is 0 Å². The SMILES string of the molecule is O=C(O)C1CC(NC(=O)C(F)(F)F)CCS1(=O)=O. The first kappa shape index (κ1) is 14.7. The lowest BCUT2D eigenvalue weighted by atomic mass is 10.1. The summed E-state index contributed by atoms with van der Waals surface area (Å²) in [6.45, 7) is 0. The third kappa shape index (κ3) is 3.34. The molecule has 2 unspecified atom stereocenters. The molecular formula is C8H10F3NO5S. The molecule has 0 saturated carbocycles. The first-order valence-corrected chi connectivity index (χ1v) is 6.57. The largest absolute Gasteiger partial charge is 0.480 e. The van der Waals surface area contributed by atoms with Crippen molar-refractivity contribution in [1.29, 1.82) is 0 Å². The molecule has 1 fully saturated rings. The van der Waals surface area contributed by atoms with Gasteiger partial charge in [-0.15, -0.1) is 0 Å². The molecule has 0 spiro atoms. The molecule has 0 radical (unpaired) electrons. The van der Waals surface area contributed by atoms with Crippen LogP contribution in [0.4, 0.5) is 13.2 Å². The van der Waals surface area contributed by atoms with Crippen molar-refractivity contribution in [2.24, 2.45) is 0 Å². The van der Waals surface area contributed by atoms with Gasteiger partial charge in [-0.25, -0.2) is 8.42 Å². The minimum absolute atomic E-state index is 0.228. The van der Waals surface area contributed by atoms with E-state index in [4.69, 9.17) is 5.11 Å². The number of carbonyl (C=O) groups excluding carboxylic acids is 1. The molecule has 1 aliphatic rings. The highest BCUT2D eigenvalue weighted by atomic mass is 32.2. The Labute approximate surface area is 100 Å². The summed E-state index contributed by atoms with van der Waals surface area (Å²) in [5.41, 5.74) is 0. The van der Waals surface area contributed by atoms with Crippen LogP contribution in [-0.4, -0.2) is 48.6 Å². The first-order chi connectivity index (χ1) is 8.04. The van der Waals surface area contributed by atoms with Crippen molar-refractivity contribution in [1.82, 2.24) is 5.32 Å². The molecule has 1 amide bonds. The Balaban J connectivity index is 2.74. The summed E-state index contributed by atoms with van der Waals surface area (Å²) in [6, 6.07) is -1.11. The molecule has 104 valence electrons. The van der Waals surface area contributed by atoms with E-state index in [-0.39, 0.29) is 6.42 Å². The minimum Gasteiger partial charge on any atom is -0.480 e. The number of rotatable bonds is 2. The zero-order valence-electron chi connectivity index (χ0n) is 8.90. The van der Waals surface area contributed by atoms with Crippen LogP contribution in [0.25, 0.3) is 0 Å². The minimum atomic E-state index is -5.07. The second-order valence-electron chi connectivity index (χ2n) is 3.89. The predicted molar refractivity (Wildman–Crippen MR) is 52.4 cm³/mol. The van der Waals surface area contributed by atoms with E-state index in [0.717, 1.165) is 0 Å². The molecule has 2 N–H and O–H groups in total. The summed E-state index contributed by atoms with van der Waals surface area (Å²) in [5, 5.41) is 8.49. The van der Waals surface area contributed by atoms with E-state index in [0.29, 0.717) is 0 Å². The van der Waals surface area contributed by atoms with Gasteiger partial charge in [0.25, 0.3) is 0 Å². The fraction of sp³-hybridized carbons (Fsp3) is 0.750. The molecule has 0 aliphatic carbocycles. The molecule has 10 heteroatoms. The Morgan fingerprint density at radius 1 is 1.28 bits per heavy atom. The Hall–Kier alpha value is -1.32. The maximum Gasteiger partial charge on any atom is 0.471 e. The fourth-order valence-electron chi connectivity index (χ4n) is 1.62. The molecule has 2 atom stereocenters. The molecule has 0 aromatic carbocycles. The molecule has 0 aromatic heterocycles. The van der Waals surface area contributed by atoms with Gasteiger partial charge in [-0.1, -0.05) is 0 Å². The molecule has 1 saturated heterocycles. The summed E-state index contributed by atoms with van der Waals surface area (Å²) in [7, 11) is -3.86. The highest BCUT2D eigenvalue weighted by Gasteiger charge is 2.44. The second-order valence-corrected chi connectivity index (χ2v) is 6.19. The average Bonchev–Trinajstić information content (AvgIpc) is 2.18. The van der Waals surface area contributed by atoms with Gasteiger partial charge in [0.1, 0.15) is 0 Å². The summed E-state index contributed by atoms with van der Waals surface area (Å²) in [4.78, 5) is 21.3. The van der Waals surface area contributed by atoms with Crippen molar-refractivity contribution in [3.8, 4) is 0 Å². The van der Waals surface area contributed by atoms with Gasteiger partial charge in [-0.2, -0.15) is 13.2 Å². The number of sulfone groups is 1. The van der Waals surface area contributed by atoms with Crippen molar-refractivity contribution >= 4 is 21.7 Å². The van der Waals surface area contributed by atoms with Crippen LogP contribution in [0.15, 0.2) is 0 Å². The standard InChI is InChI=1S/C8H10F3NO5S/c9-8(10,11)7(15)12-4-1-2-18(16,17)5(3-4)6(13)14/h4-5H,1-3H2,(H,12,15)(H,13,14). The van der Waals surface area contributed by atoms with E-state index in [1.807, 2.05) is 0 Å².